The fourth-order valence-corrected chi connectivity index (χ4v) is 4.03. The lowest BCUT2D eigenvalue weighted by Crippen LogP contribution is -2.36. The predicted molar refractivity (Wildman–Crippen MR) is 108 cm³/mol. The molecular weight excluding hydrogens is 380 g/mol. The van der Waals surface area contributed by atoms with E-state index in [2.05, 4.69) is 4.98 Å². The highest BCUT2D eigenvalue weighted by Gasteiger charge is 2.22. The van der Waals surface area contributed by atoms with Gasteiger partial charge in [-0.25, -0.2) is 4.98 Å². The smallest absolute Gasteiger partial charge is 0.325 e. The Bertz CT molecular complexity index is 902. The van der Waals surface area contributed by atoms with E-state index in [1.54, 1.807) is 23.6 Å². The zero-order valence-corrected chi connectivity index (χ0v) is 16.8. The van der Waals surface area contributed by atoms with E-state index in [-0.39, 0.29) is 19.1 Å². The van der Waals surface area contributed by atoms with Crippen molar-refractivity contribution in [3.8, 4) is 10.6 Å². The first-order valence-corrected chi connectivity index (χ1v) is 10.4. The van der Waals surface area contributed by atoms with E-state index in [1.807, 2.05) is 48.0 Å². The topological polar surface area (TPSA) is 59.5 Å². The number of nitrogens with zero attached hydrogens (tertiary/aromatic N) is 2. The molecule has 0 N–H and O–H groups in total. The number of carbonyl (C=O) groups excluding carboxylic acids is 2. The Balaban J connectivity index is 1.81. The standard InChI is InChI=1S/C20H20N2O3S2/c1-3-25-18(23)11-22(10-15-6-4-14(2)5-7-15)20(24)17-13-27-19(21-17)16-8-9-26-12-16/h4-9,12-13H,3,10-11H2,1-2H3. The van der Waals surface area contributed by atoms with Crippen molar-refractivity contribution in [2.24, 2.45) is 0 Å². The van der Waals surface area contributed by atoms with Crippen LogP contribution in [0.1, 0.15) is 28.5 Å². The van der Waals surface area contributed by atoms with Crippen molar-refractivity contribution in [3.05, 3.63) is 63.3 Å². The Kier molecular flexibility index (Phi) is 6.36. The van der Waals surface area contributed by atoms with Crippen molar-refractivity contribution in [1.29, 1.82) is 0 Å². The van der Waals surface area contributed by atoms with Gasteiger partial charge in [-0.05, 0) is 30.9 Å². The van der Waals surface area contributed by atoms with Gasteiger partial charge in [-0.2, -0.15) is 11.3 Å². The summed E-state index contributed by atoms with van der Waals surface area (Å²) >= 11 is 3.01. The van der Waals surface area contributed by atoms with Crippen LogP contribution in [-0.4, -0.2) is 34.9 Å². The molecule has 0 aliphatic heterocycles. The van der Waals surface area contributed by atoms with Gasteiger partial charge in [0, 0.05) is 22.9 Å². The van der Waals surface area contributed by atoms with Crippen LogP contribution in [-0.2, 0) is 16.1 Å². The Morgan fingerprint density at radius 2 is 1.93 bits per heavy atom. The monoisotopic (exact) mass is 400 g/mol. The summed E-state index contributed by atoms with van der Waals surface area (Å²) in [7, 11) is 0. The van der Waals surface area contributed by atoms with Crippen LogP contribution in [0, 0.1) is 6.92 Å². The van der Waals surface area contributed by atoms with Crippen LogP contribution in [0.3, 0.4) is 0 Å². The van der Waals surface area contributed by atoms with Crippen molar-refractivity contribution < 1.29 is 14.3 Å². The Labute approximate surface area is 166 Å². The van der Waals surface area contributed by atoms with Gasteiger partial charge in [0.1, 0.15) is 17.2 Å². The van der Waals surface area contributed by atoms with Crippen LogP contribution >= 0.6 is 22.7 Å². The van der Waals surface area contributed by atoms with Crippen LogP contribution in [0.2, 0.25) is 0 Å². The average molecular weight is 401 g/mol. The Morgan fingerprint density at radius 3 is 2.59 bits per heavy atom. The third kappa shape index (κ3) is 5.02. The number of hydrogen-bond donors (Lipinski definition) is 0. The molecule has 2 aromatic heterocycles. The first kappa shape index (κ1) is 19.3. The molecule has 0 spiro atoms. The first-order chi connectivity index (χ1) is 13.1. The molecule has 0 unspecified atom stereocenters. The minimum atomic E-state index is -0.425. The van der Waals surface area contributed by atoms with Gasteiger partial charge in [0.25, 0.3) is 5.91 Å². The number of ether oxygens (including phenoxy) is 1. The normalized spacial score (nSPS) is 10.6. The van der Waals surface area contributed by atoms with Crippen LogP contribution < -0.4 is 0 Å². The van der Waals surface area contributed by atoms with E-state index in [0.717, 1.165) is 21.7 Å². The molecule has 0 aliphatic carbocycles. The summed E-state index contributed by atoms with van der Waals surface area (Å²) in [5.41, 5.74) is 3.44. The van der Waals surface area contributed by atoms with Gasteiger partial charge in [0.15, 0.2) is 0 Å². The molecule has 7 heteroatoms. The molecule has 27 heavy (non-hydrogen) atoms. The van der Waals surface area contributed by atoms with Crippen LogP contribution in [0.5, 0.6) is 0 Å². The molecule has 0 saturated carbocycles. The zero-order chi connectivity index (χ0) is 19.2. The van der Waals surface area contributed by atoms with Gasteiger partial charge < -0.3 is 9.64 Å². The Morgan fingerprint density at radius 1 is 1.15 bits per heavy atom. The predicted octanol–water partition coefficient (Wildman–Crippen LogP) is 4.39. The molecule has 3 aromatic rings. The third-order valence-corrected chi connectivity index (χ3v) is 5.47. The maximum Gasteiger partial charge on any atom is 0.325 e. The quantitative estimate of drug-likeness (QED) is 0.552. The van der Waals surface area contributed by atoms with Crippen molar-refractivity contribution in [2.45, 2.75) is 20.4 Å². The van der Waals surface area contributed by atoms with E-state index in [4.69, 9.17) is 4.74 Å². The molecule has 0 bridgehead atoms. The number of aromatic nitrogens is 1. The summed E-state index contributed by atoms with van der Waals surface area (Å²) in [6.07, 6.45) is 0. The molecule has 1 aromatic carbocycles. The van der Waals surface area contributed by atoms with Gasteiger partial charge >= 0.3 is 5.97 Å². The molecule has 3 rings (SSSR count). The van der Waals surface area contributed by atoms with E-state index in [9.17, 15) is 9.59 Å². The van der Waals surface area contributed by atoms with Gasteiger partial charge in [0.05, 0.1) is 6.61 Å². The number of benzene rings is 1. The molecular formula is C20H20N2O3S2. The maximum absolute atomic E-state index is 13.0. The number of rotatable bonds is 7. The number of amides is 1. The Hall–Kier alpha value is -2.51. The lowest BCUT2D eigenvalue weighted by molar-refractivity contribution is -0.143. The van der Waals surface area contributed by atoms with Gasteiger partial charge in [0.2, 0.25) is 0 Å². The van der Waals surface area contributed by atoms with E-state index >= 15 is 0 Å². The lowest BCUT2D eigenvalue weighted by Gasteiger charge is -2.21. The number of aryl methyl sites for hydroxylation is 1. The van der Waals surface area contributed by atoms with E-state index in [0.29, 0.717) is 12.2 Å². The second-order valence-corrected chi connectivity index (χ2v) is 7.64. The highest BCUT2D eigenvalue weighted by atomic mass is 32.1. The van der Waals surface area contributed by atoms with E-state index < -0.39 is 5.97 Å². The van der Waals surface area contributed by atoms with E-state index in [1.165, 1.54) is 16.2 Å². The molecule has 0 aliphatic rings. The second kappa shape index (κ2) is 8.92. The lowest BCUT2D eigenvalue weighted by atomic mass is 10.1. The molecule has 140 valence electrons. The number of hydrogen-bond acceptors (Lipinski definition) is 6. The van der Waals surface area contributed by atoms with Gasteiger partial charge in [-0.15, -0.1) is 11.3 Å². The number of thiazole rings is 1. The zero-order valence-electron chi connectivity index (χ0n) is 15.2. The van der Waals surface area contributed by atoms with Crippen molar-refractivity contribution >= 4 is 34.6 Å². The molecule has 2 heterocycles. The summed E-state index contributed by atoms with van der Waals surface area (Å²) in [6, 6.07) is 9.86. The molecule has 0 saturated heterocycles. The summed E-state index contributed by atoms with van der Waals surface area (Å²) in [6.45, 7) is 4.25. The SMILES string of the molecule is CCOC(=O)CN(Cc1ccc(C)cc1)C(=O)c1csc(-c2ccsc2)n1. The van der Waals surface area contributed by atoms with Gasteiger partial charge in [-0.1, -0.05) is 29.8 Å². The number of thiophene rings is 1. The molecule has 0 radical (unpaired) electrons. The van der Waals surface area contributed by atoms with Crippen molar-refractivity contribution in [3.63, 3.8) is 0 Å². The second-order valence-electron chi connectivity index (χ2n) is 6.00. The maximum atomic E-state index is 13.0. The summed E-state index contributed by atoms with van der Waals surface area (Å²) in [4.78, 5) is 30.9. The van der Waals surface area contributed by atoms with Crippen LogP contribution in [0.25, 0.3) is 10.6 Å². The number of carbonyl (C=O) groups is 2. The molecule has 1 amide bonds. The third-order valence-electron chi connectivity index (χ3n) is 3.90. The summed E-state index contributed by atoms with van der Waals surface area (Å²) in [5.74, 6) is -0.701. The first-order valence-electron chi connectivity index (χ1n) is 8.55. The minimum Gasteiger partial charge on any atom is -0.465 e. The summed E-state index contributed by atoms with van der Waals surface area (Å²) in [5, 5.41) is 6.51. The largest absolute Gasteiger partial charge is 0.465 e. The fraction of sp³-hybridized carbons (Fsp3) is 0.250. The van der Waals surface area contributed by atoms with Gasteiger partial charge in [-0.3, -0.25) is 9.59 Å². The van der Waals surface area contributed by atoms with Crippen LogP contribution in [0.4, 0.5) is 0 Å². The molecule has 5 nitrogen and oxygen atoms in total. The highest BCUT2D eigenvalue weighted by Crippen LogP contribution is 2.26. The fourth-order valence-electron chi connectivity index (χ4n) is 2.53. The van der Waals surface area contributed by atoms with Crippen molar-refractivity contribution in [1.82, 2.24) is 9.88 Å². The summed E-state index contributed by atoms with van der Waals surface area (Å²) < 4.78 is 5.03. The van der Waals surface area contributed by atoms with Crippen LogP contribution in [0.15, 0.2) is 46.5 Å². The minimum absolute atomic E-state index is 0.105. The molecule has 0 fully saturated rings. The average Bonchev–Trinajstić information content (AvgIpc) is 3.34. The molecule has 0 atom stereocenters. The number of esters is 1. The van der Waals surface area contributed by atoms with Crippen molar-refractivity contribution in [2.75, 3.05) is 13.2 Å². The highest BCUT2D eigenvalue weighted by molar-refractivity contribution is 7.14.